The summed E-state index contributed by atoms with van der Waals surface area (Å²) in [6.07, 6.45) is 5.25. The molecule has 0 fully saturated rings. The smallest absolute Gasteiger partial charge is 0.251 e. The monoisotopic (exact) mass is 404 g/mol. The average Bonchev–Trinajstić information content (AvgIpc) is 3.07. The molecule has 4 rings (SSSR count). The largest absolute Gasteiger partial charge is 0.345 e. The van der Waals surface area contributed by atoms with Crippen LogP contribution in [-0.4, -0.2) is 50.2 Å². The highest BCUT2D eigenvalue weighted by atomic mass is 16.1. The van der Waals surface area contributed by atoms with E-state index >= 15 is 0 Å². The summed E-state index contributed by atoms with van der Waals surface area (Å²) in [5.41, 5.74) is 2.00. The number of hydrogen-bond acceptors (Lipinski definition) is 5. The number of benzene rings is 1. The third-order valence-electron chi connectivity index (χ3n) is 5.79. The maximum atomic E-state index is 12.3. The summed E-state index contributed by atoms with van der Waals surface area (Å²) in [6.45, 7) is 6.55. The van der Waals surface area contributed by atoms with Crippen LogP contribution in [0.3, 0.4) is 0 Å². The van der Waals surface area contributed by atoms with Crippen LogP contribution >= 0.6 is 0 Å². The summed E-state index contributed by atoms with van der Waals surface area (Å²) in [5, 5.41) is 11.6. The van der Waals surface area contributed by atoms with Gasteiger partial charge in [-0.2, -0.15) is 0 Å². The Morgan fingerprint density at radius 2 is 1.87 bits per heavy atom. The van der Waals surface area contributed by atoms with Crippen LogP contribution in [-0.2, 0) is 19.5 Å². The number of carbonyl (C=O) groups is 1. The molecule has 1 aliphatic rings. The SMILES string of the molecule is C[C@H](CCN1CCc2nnc(CNC(=O)c3ccncc3)n2CC1)c1ccccc1. The number of rotatable bonds is 7. The van der Waals surface area contributed by atoms with Gasteiger partial charge in [-0.3, -0.25) is 9.78 Å². The molecule has 0 bridgehead atoms. The Balaban J connectivity index is 1.30. The van der Waals surface area contributed by atoms with Crippen molar-refractivity contribution in [3.63, 3.8) is 0 Å². The minimum absolute atomic E-state index is 0.125. The number of nitrogens with one attached hydrogen (secondary N) is 1. The molecule has 30 heavy (non-hydrogen) atoms. The number of fused-ring (bicyclic) bond motifs is 1. The van der Waals surface area contributed by atoms with E-state index < -0.39 is 0 Å². The highest BCUT2D eigenvalue weighted by Crippen LogP contribution is 2.19. The topological polar surface area (TPSA) is 75.9 Å². The number of amides is 1. The molecule has 0 spiro atoms. The normalized spacial score (nSPS) is 15.2. The van der Waals surface area contributed by atoms with Crippen LogP contribution in [0.1, 0.15) is 46.8 Å². The van der Waals surface area contributed by atoms with Gasteiger partial charge < -0.3 is 14.8 Å². The van der Waals surface area contributed by atoms with E-state index in [0.29, 0.717) is 18.0 Å². The molecule has 0 unspecified atom stereocenters. The molecule has 1 N–H and O–H groups in total. The summed E-state index contributed by atoms with van der Waals surface area (Å²) in [5.74, 6) is 2.24. The van der Waals surface area contributed by atoms with Crippen molar-refractivity contribution in [3.05, 3.63) is 77.6 Å². The number of pyridine rings is 1. The van der Waals surface area contributed by atoms with Crippen molar-refractivity contribution in [1.29, 1.82) is 0 Å². The zero-order chi connectivity index (χ0) is 20.8. The third kappa shape index (κ3) is 4.91. The van der Waals surface area contributed by atoms with Gasteiger partial charge >= 0.3 is 0 Å². The van der Waals surface area contributed by atoms with E-state index in [-0.39, 0.29) is 5.91 Å². The molecule has 7 heteroatoms. The van der Waals surface area contributed by atoms with Gasteiger partial charge in [-0.25, -0.2) is 0 Å². The van der Waals surface area contributed by atoms with Crippen molar-refractivity contribution in [2.75, 3.05) is 19.6 Å². The van der Waals surface area contributed by atoms with E-state index in [1.807, 2.05) is 0 Å². The van der Waals surface area contributed by atoms with E-state index in [0.717, 1.165) is 50.7 Å². The average molecular weight is 405 g/mol. The van der Waals surface area contributed by atoms with Crippen LogP contribution in [0.5, 0.6) is 0 Å². The zero-order valence-electron chi connectivity index (χ0n) is 17.4. The van der Waals surface area contributed by atoms with Crippen molar-refractivity contribution in [2.24, 2.45) is 0 Å². The van der Waals surface area contributed by atoms with Crippen LogP contribution < -0.4 is 5.32 Å². The van der Waals surface area contributed by atoms with Crippen molar-refractivity contribution in [1.82, 2.24) is 30.0 Å². The van der Waals surface area contributed by atoms with Crippen LogP contribution in [0.4, 0.5) is 0 Å². The molecule has 0 radical (unpaired) electrons. The standard InChI is InChI=1S/C23H28N6O/c1-18(19-5-3-2-4-6-19)9-13-28-14-10-21-26-27-22(29(21)16-15-28)17-25-23(30)20-7-11-24-12-8-20/h2-8,11-12,18H,9-10,13-17H2,1H3,(H,25,30)/t18-/m1/s1. The fourth-order valence-electron chi connectivity index (χ4n) is 3.87. The van der Waals surface area contributed by atoms with Gasteiger partial charge in [-0.15, -0.1) is 10.2 Å². The lowest BCUT2D eigenvalue weighted by molar-refractivity contribution is 0.0949. The zero-order valence-corrected chi connectivity index (χ0v) is 17.4. The number of hydrogen-bond donors (Lipinski definition) is 1. The number of nitrogens with zero attached hydrogens (tertiary/aromatic N) is 5. The minimum atomic E-state index is -0.125. The fraction of sp³-hybridized carbons (Fsp3) is 0.391. The summed E-state index contributed by atoms with van der Waals surface area (Å²) < 4.78 is 2.16. The number of aromatic nitrogens is 4. The number of carbonyl (C=O) groups excluding carboxylic acids is 1. The summed E-state index contributed by atoms with van der Waals surface area (Å²) in [4.78, 5) is 18.7. The first-order valence-corrected chi connectivity index (χ1v) is 10.6. The van der Waals surface area contributed by atoms with Crippen molar-refractivity contribution >= 4 is 5.91 Å². The molecule has 1 atom stereocenters. The van der Waals surface area contributed by atoms with Gasteiger partial charge in [-0.1, -0.05) is 37.3 Å². The van der Waals surface area contributed by atoms with Gasteiger partial charge in [0.1, 0.15) is 5.82 Å². The molecule has 1 aromatic carbocycles. The molecule has 1 amide bonds. The van der Waals surface area contributed by atoms with E-state index in [1.54, 1.807) is 24.5 Å². The van der Waals surface area contributed by atoms with Crippen molar-refractivity contribution in [3.8, 4) is 0 Å². The second kappa shape index (κ2) is 9.63. The molecule has 156 valence electrons. The van der Waals surface area contributed by atoms with Crippen LogP contribution in [0, 0.1) is 0 Å². The second-order valence-corrected chi connectivity index (χ2v) is 7.79. The molecule has 0 aliphatic carbocycles. The van der Waals surface area contributed by atoms with Crippen LogP contribution in [0.2, 0.25) is 0 Å². The predicted octanol–water partition coefficient (Wildman–Crippen LogP) is 2.66. The Bertz CT molecular complexity index is 956. The van der Waals surface area contributed by atoms with Crippen LogP contribution in [0.15, 0.2) is 54.9 Å². The first kappa shape index (κ1) is 20.2. The lowest BCUT2D eigenvalue weighted by atomic mass is 9.98. The molecule has 3 heterocycles. The van der Waals surface area contributed by atoms with Crippen molar-refractivity contribution in [2.45, 2.75) is 38.8 Å². The third-order valence-corrected chi connectivity index (χ3v) is 5.79. The molecular weight excluding hydrogens is 376 g/mol. The molecule has 3 aromatic rings. The molecule has 0 saturated heterocycles. The molecule has 2 aromatic heterocycles. The Labute approximate surface area is 177 Å². The van der Waals surface area contributed by atoms with Gasteiger partial charge in [0.05, 0.1) is 6.54 Å². The summed E-state index contributed by atoms with van der Waals surface area (Å²) in [7, 11) is 0. The first-order chi connectivity index (χ1) is 14.7. The molecule has 1 aliphatic heterocycles. The maximum absolute atomic E-state index is 12.3. The van der Waals surface area contributed by atoms with Crippen molar-refractivity contribution < 1.29 is 4.79 Å². The minimum Gasteiger partial charge on any atom is -0.345 e. The lowest BCUT2D eigenvalue weighted by Gasteiger charge is -2.22. The maximum Gasteiger partial charge on any atom is 0.251 e. The Morgan fingerprint density at radius 3 is 2.67 bits per heavy atom. The highest BCUT2D eigenvalue weighted by Gasteiger charge is 2.19. The van der Waals surface area contributed by atoms with E-state index in [1.165, 1.54) is 5.56 Å². The molecule has 7 nitrogen and oxygen atoms in total. The van der Waals surface area contributed by atoms with Gasteiger partial charge in [0, 0.05) is 44.0 Å². The summed E-state index contributed by atoms with van der Waals surface area (Å²) in [6, 6.07) is 14.1. The lowest BCUT2D eigenvalue weighted by Crippen LogP contribution is -2.29. The molecular formula is C23H28N6O. The Kier molecular flexibility index (Phi) is 6.49. The van der Waals surface area contributed by atoms with E-state index in [9.17, 15) is 4.79 Å². The van der Waals surface area contributed by atoms with Gasteiger partial charge in [-0.05, 0) is 36.6 Å². The highest BCUT2D eigenvalue weighted by molar-refractivity contribution is 5.93. The quantitative estimate of drug-likeness (QED) is 0.655. The van der Waals surface area contributed by atoms with Gasteiger partial charge in [0.2, 0.25) is 0 Å². The predicted molar refractivity (Wildman–Crippen MR) is 115 cm³/mol. The molecule has 0 saturated carbocycles. The van der Waals surface area contributed by atoms with Gasteiger partial charge in [0.25, 0.3) is 5.91 Å². The van der Waals surface area contributed by atoms with E-state index in [4.69, 9.17) is 0 Å². The van der Waals surface area contributed by atoms with Crippen LogP contribution in [0.25, 0.3) is 0 Å². The fourth-order valence-corrected chi connectivity index (χ4v) is 3.87. The van der Waals surface area contributed by atoms with E-state index in [2.05, 4.69) is 67.2 Å². The first-order valence-electron chi connectivity index (χ1n) is 10.6. The van der Waals surface area contributed by atoms with Gasteiger partial charge in [0.15, 0.2) is 5.82 Å². The Morgan fingerprint density at radius 1 is 1.07 bits per heavy atom. The second-order valence-electron chi connectivity index (χ2n) is 7.79. The Hall–Kier alpha value is -3.06. The summed E-state index contributed by atoms with van der Waals surface area (Å²) >= 11 is 0.